The van der Waals surface area contributed by atoms with E-state index in [4.69, 9.17) is 5.11 Å². The minimum absolute atomic E-state index is 0.0792. The number of hydrogen-bond acceptors (Lipinski definition) is 7. The quantitative estimate of drug-likeness (QED) is 0.374. The Kier molecular flexibility index (Phi) is 5.10. The zero-order valence-electron chi connectivity index (χ0n) is 12.8. The van der Waals surface area contributed by atoms with Crippen molar-refractivity contribution in [2.45, 2.75) is 43.9 Å². The maximum atomic E-state index is 12.6. The highest BCUT2D eigenvalue weighted by Gasteiger charge is 2.50. The number of carbonyl (C=O) groups is 3. The van der Waals surface area contributed by atoms with E-state index in [0.717, 1.165) is 4.90 Å². The van der Waals surface area contributed by atoms with Crippen LogP contribution in [0, 0.1) is 22.0 Å². The largest absolute Gasteiger partial charge is 0.394 e. The van der Waals surface area contributed by atoms with Gasteiger partial charge in [-0.05, 0) is 12.8 Å². The van der Waals surface area contributed by atoms with Gasteiger partial charge in [0.2, 0.25) is 11.9 Å². The summed E-state index contributed by atoms with van der Waals surface area (Å²) in [6.07, 6.45) is -0.851. The number of carbonyl (C=O) groups excluding carboxylic acids is 3. The van der Waals surface area contributed by atoms with E-state index in [9.17, 15) is 29.6 Å². The van der Waals surface area contributed by atoms with Gasteiger partial charge in [-0.25, -0.2) is 0 Å². The molecule has 9 nitrogen and oxygen atoms in total. The fourth-order valence-corrected chi connectivity index (χ4v) is 3.38. The Morgan fingerprint density at radius 1 is 1.39 bits per heavy atom. The lowest BCUT2D eigenvalue weighted by Gasteiger charge is -2.36. The molecule has 23 heavy (non-hydrogen) atoms. The highest BCUT2D eigenvalue weighted by molar-refractivity contribution is 6.20. The first-order valence-corrected chi connectivity index (χ1v) is 7.53. The van der Waals surface area contributed by atoms with Gasteiger partial charge in [0, 0.05) is 24.8 Å². The summed E-state index contributed by atoms with van der Waals surface area (Å²) < 4.78 is 0. The number of likely N-dealkylation sites (tertiary alicyclic amines) is 1. The van der Waals surface area contributed by atoms with E-state index >= 15 is 0 Å². The van der Waals surface area contributed by atoms with Crippen molar-refractivity contribution in [3.8, 4) is 0 Å². The van der Waals surface area contributed by atoms with Crippen molar-refractivity contribution in [1.82, 2.24) is 4.90 Å². The van der Waals surface area contributed by atoms with Gasteiger partial charge in [0.25, 0.3) is 0 Å². The van der Waals surface area contributed by atoms with Gasteiger partial charge in [0.15, 0.2) is 17.5 Å². The number of likely N-dealkylation sites (N-methyl/N-ethyl adjacent to an activating group) is 1. The standard InChI is InChI=1S/C14H20N2O7/c1-15-7(6-17)4-11(19)12(14(15)21)13(20)9-3-2-8(18)5-10(9)16(22)23/h7-10,12,17-18H,2-6H2,1H3. The molecule has 0 aromatic rings. The summed E-state index contributed by atoms with van der Waals surface area (Å²) in [5.74, 6) is -4.66. The third-order valence-corrected chi connectivity index (χ3v) is 4.82. The molecule has 5 atom stereocenters. The number of rotatable bonds is 4. The molecular formula is C14H20N2O7. The van der Waals surface area contributed by atoms with Crippen LogP contribution in [0.5, 0.6) is 0 Å². The van der Waals surface area contributed by atoms with Gasteiger partial charge in [-0.15, -0.1) is 0 Å². The molecule has 1 saturated carbocycles. The molecule has 1 amide bonds. The van der Waals surface area contributed by atoms with Crippen LogP contribution in [0.3, 0.4) is 0 Å². The molecule has 9 heteroatoms. The second kappa shape index (κ2) is 6.71. The van der Waals surface area contributed by atoms with Crippen LogP contribution in [0.4, 0.5) is 0 Å². The molecule has 5 unspecified atom stereocenters. The van der Waals surface area contributed by atoms with Gasteiger partial charge >= 0.3 is 0 Å². The van der Waals surface area contributed by atoms with E-state index in [2.05, 4.69) is 0 Å². The van der Waals surface area contributed by atoms with Gasteiger partial charge in [0.05, 0.1) is 24.7 Å². The molecule has 1 aliphatic heterocycles. The third-order valence-electron chi connectivity index (χ3n) is 4.82. The monoisotopic (exact) mass is 328 g/mol. The molecular weight excluding hydrogens is 308 g/mol. The molecule has 1 heterocycles. The number of nitrogens with zero attached hydrogens (tertiary/aromatic N) is 2. The fourth-order valence-electron chi connectivity index (χ4n) is 3.38. The Hall–Kier alpha value is -1.87. The predicted molar refractivity (Wildman–Crippen MR) is 75.9 cm³/mol. The van der Waals surface area contributed by atoms with Crippen molar-refractivity contribution in [2.75, 3.05) is 13.7 Å². The molecule has 0 bridgehead atoms. The molecule has 2 fully saturated rings. The molecule has 1 aliphatic carbocycles. The summed E-state index contributed by atoms with van der Waals surface area (Å²) in [6, 6.07) is -1.95. The van der Waals surface area contributed by atoms with Crippen LogP contribution < -0.4 is 0 Å². The van der Waals surface area contributed by atoms with Gasteiger partial charge in [-0.1, -0.05) is 0 Å². The zero-order valence-corrected chi connectivity index (χ0v) is 12.8. The first-order chi connectivity index (χ1) is 10.8. The maximum absolute atomic E-state index is 12.6. The number of piperidine rings is 1. The Balaban J connectivity index is 2.23. The first kappa shape index (κ1) is 17.5. The van der Waals surface area contributed by atoms with E-state index in [1.165, 1.54) is 7.05 Å². The zero-order chi connectivity index (χ0) is 17.3. The Bertz CT molecular complexity index is 535. The molecule has 0 aromatic carbocycles. The van der Waals surface area contributed by atoms with Crippen LogP contribution in [-0.4, -0.2) is 69.4 Å². The van der Waals surface area contributed by atoms with Crippen LogP contribution >= 0.6 is 0 Å². The summed E-state index contributed by atoms with van der Waals surface area (Å²) >= 11 is 0. The van der Waals surface area contributed by atoms with Crippen molar-refractivity contribution in [2.24, 2.45) is 11.8 Å². The Morgan fingerprint density at radius 2 is 2.04 bits per heavy atom. The average Bonchev–Trinajstić information content (AvgIpc) is 2.50. The Morgan fingerprint density at radius 3 is 2.61 bits per heavy atom. The average molecular weight is 328 g/mol. The van der Waals surface area contributed by atoms with Crippen LogP contribution in [-0.2, 0) is 14.4 Å². The number of nitro groups is 1. The highest BCUT2D eigenvalue weighted by atomic mass is 16.6. The van der Waals surface area contributed by atoms with E-state index in [-0.39, 0.29) is 32.3 Å². The van der Waals surface area contributed by atoms with Crippen molar-refractivity contribution < 1.29 is 29.5 Å². The number of Topliss-reactive ketones (excluding diaryl/α,β-unsaturated/α-hetero) is 2. The smallest absolute Gasteiger partial charge is 0.240 e. The number of ketones is 2. The van der Waals surface area contributed by atoms with Crippen LogP contribution in [0.15, 0.2) is 0 Å². The molecule has 0 aromatic heterocycles. The van der Waals surface area contributed by atoms with Crippen molar-refractivity contribution >= 4 is 17.5 Å². The van der Waals surface area contributed by atoms with Crippen molar-refractivity contribution in [1.29, 1.82) is 0 Å². The molecule has 128 valence electrons. The SMILES string of the molecule is CN1C(=O)C(C(=O)C2CCC(O)CC2[N+](=O)[O-])C(=O)CC1CO. The highest BCUT2D eigenvalue weighted by Crippen LogP contribution is 2.32. The molecule has 2 rings (SSSR count). The summed E-state index contributed by atoms with van der Waals surface area (Å²) in [6.45, 7) is -0.387. The lowest BCUT2D eigenvalue weighted by atomic mass is 9.74. The van der Waals surface area contributed by atoms with Gasteiger partial charge in [-0.2, -0.15) is 0 Å². The van der Waals surface area contributed by atoms with Crippen molar-refractivity contribution in [3.05, 3.63) is 10.1 Å². The molecule has 0 radical (unpaired) electrons. The number of aliphatic hydroxyl groups excluding tert-OH is 2. The second-order valence-corrected chi connectivity index (χ2v) is 6.22. The van der Waals surface area contributed by atoms with Gasteiger partial charge in [-0.3, -0.25) is 24.5 Å². The fraction of sp³-hybridized carbons (Fsp3) is 0.786. The molecule has 2 N–H and O–H groups in total. The van der Waals surface area contributed by atoms with Crippen LogP contribution in [0.1, 0.15) is 25.7 Å². The maximum Gasteiger partial charge on any atom is 0.240 e. The number of amides is 1. The predicted octanol–water partition coefficient (Wildman–Crippen LogP) is -1.23. The van der Waals surface area contributed by atoms with Gasteiger partial charge < -0.3 is 15.1 Å². The van der Waals surface area contributed by atoms with E-state index < -0.39 is 52.4 Å². The van der Waals surface area contributed by atoms with Crippen LogP contribution in [0.2, 0.25) is 0 Å². The summed E-state index contributed by atoms with van der Waals surface area (Å²) in [5, 5.41) is 29.9. The molecule has 2 aliphatic rings. The summed E-state index contributed by atoms with van der Waals surface area (Å²) in [7, 11) is 1.39. The summed E-state index contributed by atoms with van der Waals surface area (Å²) in [4.78, 5) is 48.7. The van der Waals surface area contributed by atoms with E-state index in [1.807, 2.05) is 0 Å². The molecule has 1 saturated heterocycles. The number of hydrogen-bond donors (Lipinski definition) is 2. The third kappa shape index (κ3) is 3.25. The topological polar surface area (TPSA) is 138 Å². The first-order valence-electron chi connectivity index (χ1n) is 7.53. The lowest BCUT2D eigenvalue weighted by molar-refractivity contribution is -0.534. The minimum Gasteiger partial charge on any atom is -0.394 e. The molecule has 0 spiro atoms. The lowest BCUT2D eigenvalue weighted by Crippen LogP contribution is -2.56. The Labute approximate surface area is 132 Å². The van der Waals surface area contributed by atoms with E-state index in [0.29, 0.717) is 0 Å². The number of aliphatic hydroxyl groups is 2. The van der Waals surface area contributed by atoms with Gasteiger partial charge in [0.1, 0.15) is 0 Å². The second-order valence-electron chi connectivity index (χ2n) is 6.22. The van der Waals surface area contributed by atoms with E-state index in [1.54, 1.807) is 0 Å². The van der Waals surface area contributed by atoms with Crippen molar-refractivity contribution in [3.63, 3.8) is 0 Å². The van der Waals surface area contributed by atoms with Crippen LogP contribution in [0.25, 0.3) is 0 Å². The summed E-state index contributed by atoms with van der Waals surface area (Å²) in [5.41, 5.74) is 0. The minimum atomic E-state index is -1.54. The normalized spacial score (nSPS) is 35.3.